The van der Waals surface area contributed by atoms with E-state index in [1.807, 2.05) is 0 Å². The van der Waals surface area contributed by atoms with E-state index in [1.165, 1.54) is 12.3 Å². The van der Waals surface area contributed by atoms with Crippen LogP contribution in [0.15, 0.2) is 57.7 Å². The highest BCUT2D eigenvalue weighted by molar-refractivity contribution is 9.10. The van der Waals surface area contributed by atoms with Gasteiger partial charge in [-0.3, -0.25) is 4.79 Å². The molecule has 0 unspecified atom stereocenters. The van der Waals surface area contributed by atoms with Gasteiger partial charge in [0.05, 0.1) is 11.8 Å². The maximum Gasteiger partial charge on any atom is 0.226 e. The summed E-state index contributed by atoms with van der Waals surface area (Å²) in [6, 6.07) is 9.79. The van der Waals surface area contributed by atoms with Gasteiger partial charge in [0.2, 0.25) is 5.91 Å². The highest BCUT2D eigenvalue weighted by Gasteiger charge is 2.12. The fourth-order valence-electron chi connectivity index (χ4n) is 2.09. The predicted molar refractivity (Wildman–Crippen MR) is 90.8 cm³/mol. The molecule has 5 nitrogen and oxygen atoms in total. The van der Waals surface area contributed by atoms with Crippen LogP contribution in [0.4, 0.5) is 10.2 Å². The molecule has 0 aliphatic heterocycles. The van der Waals surface area contributed by atoms with E-state index in [0.717, 1.165) is 4.47 Å². The number of hydrogen-bond donors (Lipinski definition) is 1. The quantitative estimate of drug-likeness (QED) is 0.709. The molecule has 0 atom stereocenters. The number of aromatic nitrogens is 2. The molecule has 0 spiro atoms. The van der Waals surface area contributed by atoms with E-state index in [9.17, 15) is 9.18 Å². The Morgan fingerprint density at radius 3 is 2.75 bits per heavy atom. The Hall–Kier alpha value is -2.54. The molecule has 1 N–H and O–H groups in total. The van der Waals surface area contributed by atoms with Crippen LogP contribution in [-0.2, 0) is 11.2 Å². The summed E-state index contributed by atoms with van der Waals surface area (Å²) in [6.45, 7) is 0. The Bertz CT molecular complexity index is 849. The zero-order valence-corrected chi connectivity index (χ0v) is 14.1. The first kappa shape index (κ1) is 16.3. The van der Waals surface area contributed by atoms with Crippen molar-refractivity contribution in [1.29, 1.82) is 0 Å². The van der Waals surface area contributed by atoms with E-state index in [2.05, 4.69) is 31.2 Å². The molecule has 2 heterocycles. The summed E-state index contributed by atoms with van der Waals surface area (Å²) in [5.41, 5.74) is 0.347. The van der Waals surface area contributed by atoms with Crippen LogP contribution in [0, 0.1) is 5.82 Å². The van der Waals surface area contributed by atoms with Gasteiger partial charge in [-0.25, -0.2) is 14.4 Å². The number of rotatable bonds is 5. The molecule has 0 radical (unpaired) electrons. The topological polar surface area (TPSA) is 68.0 Å². The van der Waals surface area contributed by atoms with Crippen molar-refractivity contribution in [3.8, 4) is 11.3 Å². The van der Waals surface area contributed by atoms with Crippen LogP contribution in [0.25, 0.3) is 11.3 Å². The van der Waals surface area contributed by atoms with Crippen molar-refractivity contribution in [2.75, 3.05) is 5.32 Å². The summed E-state index contributed by atoms with van der Waals surface area (Å²) in [6.07, 6.45) is 3.57. The second-order valence-corrected chi connectivity index (χ2v) is 5.92. The summed E-state index contributed by atoms with van der Waals surface area (Å²) in [4.78, 5) is 20.1. The van der Waals surface area contributed by atoms with Crippen molar-refractivity contribution in [2.24, 2.45) is 0 Å². The van der Waals surface area contributed by atoms with E-state index < -0.39 is 0 Å². The van der Waals surface area contributed by atoms with Crippen molar-refractivity contribution in [2.45, 2.75) is 12.8 Å². The molecule has 3 rings (SSSR count). The summed E-state index contributed by atoms with van der Waals surface area (Å²) in [5, 5.41) is 2.69. The van der Waals surface area contributed by atoms with Crippen LogP contribution in [-0.4, -0.2) is 15.9 Å². The van der Waals surface area contributed by atoms with E-state index in [0.29, 0.717) is 29.5 Å². The number of hydrogen-bond acceptors (Lipinski definition) is 4. The molecule has 0 saturated carbocycles. The minimum Gasteiger partial charge on any atom is -0.441 e. The Morgan fingerprint density at radius 2 is 2.00 bits per heavy atom. The second-order valence-electron chi connectivity index (χ2n) is 5.01. The predicted octanol–water partition coefficient (Wildman–Crippen LogP) is 4.21. The highest BCUT2D eigenvalue weighted by Crippen LogP contribution is 2.23. The van der Waals surface area contributed by atoms with Gasteiger partial charge in [0.1, 0.15) is 11.6 Å². The molecule has 122 valence electrons. The van der Waals surface area contributed by atoms with E-state index in [-0.39, 0.29) is 18.1 Å². The third-order valence-electron chi connectivity index (χ3n) is 3.25. The van der Waals surface area contributed by atoms with Gasteiger partial charge in [0.25, 0.3) is 0 Å². The smallest absolute Gasteiger partial charge is 0.226 e. The molecule has 24 heavy (non-hydrogen) atoms. The number of halogens is 2. The number of carbonyl (C=O) groups is 1. The fourth-order valence-corrected chi connectivity index (χ4v) is 2.32. The number of anilines is 1. The molecule has 2 aromatic heterocycles. The van der Waals surface area contributed by atoms with Crippen molar-refractivity contribution in [3.63, 3.8) is 0 Å². The third-order valence-corrected chi connectivity index (χ3v) is 3.72. The number of carbonyl (C=O) groups excluding carboxylic acids is 1. The summed E-state index contributed by atoms with van der Waals surface area (Å²) in [7, 11) is 0. The lowest BCUT2D eigenvalue weighted by Gasteiger charge is -2.03. The Kier molecular flexibility index (Phi) is 5.00. The van der Waals surface area contributed by atoms with Crippen molar-refractivity contribution in [1.82, 2.24) is 9.97 Å². The minimum atomic E-state index is -0.376. The molecule has 3 aromatic rings. The van der Waals surface area contributed by atoms with Crippen LogP contribution >= 0.6 is 15.9 Å². The second kappa shape index (κ2) is 7.35. The van der Waals surface area contributed by atoms with Crippen molar-refractivity contribution >= 4 is 27.7 Å². The molecular formula is C17H13BrFN3O2. The van der Waals surface area contributed by atoms with E-state index >= 15 is 0 Å². The van der Waals surface area contributed by atoms with Gasteiger partial charge in [-0.1, -0.05) is 12.1 Å². The first-order valence-corrected chi connectivity index (χ1v) is 8.02. The van der Waals surface area contributed by atoms with Gasteiger partial charge in [0, 0.05) is 23.5 Å². The number of pyridine rings is 1. The van der Waals surface area contributed by atoms with E-state index in [4.69, 9.17) is 4.42 Å². The normalized spacial score (nSPS) is 10.6. The maximum atomic E-state index is 13.7. The Labute approximate surface area is 146 Å². The molecule has 0 bridgehead atoms. The van der Waals surface area contributed by atoms with Crippen LogP contribution < -0.4 is 5.32 Å². The fraction of sp³-hybridized carbons (Fsp3) is 0.118. The van der Waals surface area contributed by atoms with Gasteiger partial charge in [-0.05, 0) is 40.2 Å². The third kappa shape index (κ3) is 4.05. The van der Waals surface area contributed by atoms with Crippen LogP contribution in [0.5, 0.6) is 0 Å². The number of amides is 1. The van der Waals surface area contributed by atoms with Gasteiger partial charge in [-0.15, -0.1) is 0 Å². The molecular weight excluding hydrogens is 377 g/mol. The summed E-state index contributed by atoms with van der Waals surface area (Å²) < 4.78 is 20.1. The lowest BCUT2D eigenvalue weighted by molar-refractivity contribution is -0.116. The van der Waals surface area contributed by atoms with Gasteiger partial charge in [0.15, 0.2) is 11.7 Å². The van der Waals surface area contributed by atoms with Gasteiger partial charge >= 0.3 is 0 Å². The molecule has 0 saturated heterocycles. The number of aryl methyl sites for hydroxylation is 1. The molecule has 1 aromatic carbocycles. The van der Waals surface area contributed by atoms with E-state index in [1.54, 1.807) is 36.5 Å². The lowest BCUT2D eigenvalue weighted by atomic mass is 10.2. The van der Waals surface area contributed by atoms with Gasteiger partial charge < -0.3 is 9.73 Å². The lowest BCUT2D eigenvalue weighted by Crippen LogP contribution is -2.13. The van der Waals surface area contributed by atoms with Crippen LogP contribution in [0.1, 0.15) is 12.3 Å². The number of nitrogens with one attached hydrogen (secondary N) is 1. The zero-order chi connectivity index (χ0) is 16.9. The van der Waals surface area contributed by atoms with Crippen molar-refractivity contribution in [3.05, 3.63) is 65.0 Å². The monoisotopic (exact) mass is 389 g/mol. The molecule has 7 heteroatoms. The van der Waals surface area contributed by atoms with Crippen molar-refractivity contribution < 1.29 is 13.6 Å². The number of oxazole rings is 1. The zero-order valence-electron chi connectivity index (χ0n) is 12.5. The van der Waals surface area contributed by atoms with Crippen LogP contribution in [0.2, 0.25) is 0 Å². The first-order chi connectivity index (χ1) is 11.6. The Morgan fingerprint density at radius 1 is 1.17 bits per heavy atom. The molecule has 0 aliphatic rings. The first-order valence-electron chi connectivity index (χ1n) is 7.23. The number of nitrogens with zero attached hydrogens (tertiary/aromatic N) is 2. The summed E-state index contributed by atoms with van der Waals surface area (Å²) in [5.74, 6) is 0.627. The average molecular weight is 390 g/mol. The summed E-state index contributed by atoms with van der Waals surface area (Å²) >= 11 is 3.28. The molecule has 0 aliphatic carbocycles. The van der Waals surface area contributed by atoms with Gasteiger partial charge in [-0.2, -0.15) is 0 Å². The highest BCUT2D eigenvalue weighted by atomic mass is 79.9. The number of benzene rings is 1. The maximum absolute atomic E-state index is 13.7. The molecule has 1 amide bonds. The Balaban J connectivity index is 1.58. The SMILES string of the molecule is O=C(CCc1ncc(-c2ccccc2F)o1)Nc1ccc(Br)cn1. The largest absolute Gasteiger partial charge is 0.441 e. The average Bonchev–Trinajstić information content (AvgIpc) is 3.04. The van der Waals surface area contributed by atoms with Crippen LogP contribution in [0.3, 0.4) is 0 Å². The minimum absolute atomic E-state index is 0.189. The molecule has 0 fully saturated rings. The standard InChI is InChI=1S/C17H13BrFN3O2/c18-11-5-6-15(20-9-11)22-16(23)7-8-17-21-10-14(24-17)12-3-1-2-4-13(12)19/h1-6,9-10H,7-8H2,(H,20,22,23).